The molecule has 0 saturated carbocycles. The number of alkyl carbamates (subject to hydrolysis) is 1. The third-order valence-electron chi connectivity index (χ3n) is 5.21. The van der Waals surface area contributed by atoms with Crippen LogP contribution in [0.25, 0.3) is 22.2 Å². The van der Waals surface area contributed by atoms with Gasteiger partial charge in [-0.1, -0.05) is 42.5 Å². The maximum atomic E-state index is 12.4. The highest BCUT2D eigenvalue weighted by Crippen LogP contribution is 2.40. The van der Waals surface area contributed by atoms with E-state index in [0.717, 1.165) is 29.6 Å². The zero-order chi connectivity index (χ0) is 21.3. The smallest absolute Gasteiger partial charge is 0.408 e. The molecule has 6 nitrogen and oxygen atoms in total. The van der Waals surface area contributed by atoms with Crippen molar-refractivity contribution in [1.82, 2.24) is 15.6 Å². The maximum Gasteiger partial charge on any atom is 0.408 e. The van der Waals surface area contributed by atoms with Crippen LogP contribution < -0.4 is 10.6 Å². The third kappa shape index (κ3) is 4.17. The molecule has 6 heteroatoms. The van der Waals surface area contributed by atoms with Crippen LogP contribution in [0.1, 0.15) is 44.4 Å². The van der Waals surface area contributed by atoms with E-state index in [2.05, 4.69) is 39.9 Å². The zero-order valence-corrected chi connectivity index (χ0v) is 17.5. The number of carbonyl (C=O) groups is 2. The van der Waals surface area contributed by atoms with E-state index in [9.17, 15) is 9.59 Å². The van der Waals surface area contributed by atoms with Crippen LogP contribution >= 0.6 is 0 Å². The number of ether oxygens (including phenoxy) is 1. The maximum absolute atomic E-state index is 12.4. The van der Waals surface area contributed by atoms with Crippen molar-refractivity contribution in [3.05, 3.63) is 59.7 Å². The summed E-state index contributed by atoms with van der Waals surface area (Å²) in [4.78, 5) is 27.8. The van der Waals surface area contributed by atoms with Crippen LogP contribution in [0.15, 0.2) is 48.5 Å². The Labute approximate surface area is 176 Å². The fraction of sp³-hybridized carbons (Fsp3) is 0.333. The average Bonchev–Trinajstić information content (AvgIpc) is 3.08. The van der Waals surface area contributed by atoms with E-state index in [-0.39, 0.29) is 18.5 Å². The van der Waals surface area contributed by atoms with E-state index in [4.69, 9.17) is 4.74 Å². The molecular weight excluding hydrogens is 378 g/mol. The van der Waals surface area contributed by atoms with Crippen LogP contribution in [0, 0.1) is 0 Å². The number of carbonyl (C=O) groups excluding carboxylic acids is 2. The number of benzene rings is 2. The van der Waals surface area contributed by atoms with E-state index in [0.29, 0.717) is 0 Å². The lowest BCUT2D eigenvalue weighted by Crippen LogP contribution is -2.41. The molecular formula is C24H27N3O3. The van der Waals surface area contributed by atoms with E-state index in [1.807, 2.05) is 24.3 Å². The van der Waals surface area contributed by atoms with Crippen LogP contribution in [0.5, 0.6) is 0 Å². The Balaban J connectivity index is 1.51. The lowest BCUT2D eigenvalue weighted by molar-refractivity contribution is -0.121. The standard InChI is InChI=1S/C24H27N3O3/c1-24(2,3)30-23(29)25-14-20(28)26-18-13-12-17-21-16(18)10-7-11-19(21)27-22(17)15-8-5-4-6-9-15/h4-11,18,27H,12-14H2,1-3H3,(H,25,29)(H,26,28). The number of nitrogens with one attached hydrogen (secondary N) is 3. The van der Waals surface area contributed by atoms with Gasteiger partial charge in [0.05, 0.1) is 6.04 Å². The van der Waals surface area contributed by atoms with Crippen LogP contribution in [0.4, 0.5) is 4.79 Å². The van der Waals surface area contributed by atoms with Gasteiger partial charge in [0, 0.05) is 16.6 Å². The molecule has 0 radical (unpaired) electrons. The molecule has 0 aliphatic heterocycles. The van der Waals surface area contributed by atoms with E-state index >= 15 is 0 Å². The number of aryl methyl sites for hydroxylation is 1. The lowest BCUT2D eigenvalue weighted by atomic mass is 9.87. The van der Waals surface area contributed by atoms with Gasteiger partial charge >= 0.3 is 6.09 Å². The van der Waals surface area contributed by atoms with Crippen LogP contribution in [-0.2, 0) is 16.0 Å². The molecule has 0 spiro atoms. The largest absolute Gasteiger partial charge is 0.444 e. The Morgan fingerprint density at radius 1 is 1.10 bits per heavy atom. The molecule has 2 amide bonds. The van der Waals surface area contributed by atoms with Crippen molar-refractivity contribution >= 4 is 22.9 Å². The summed E-state index contributed by atoms with van der Waals surface area (Å²) in [6.07, 6.45) is 1.08. The van der Waals surface area contributed by atoms with Gasteiger partial charge in [0.2, 0.25) is 5.91 Å². The molecule has 30 heavy (non-hydrogen) atoms. The molecule has 1 unspecified atom stereocenters. The molecule has 0 fully saturated rings. The highest BCUT2D eigenvalue weighted by molar-refractivity contribution is 5.95. The summed E-state index contributed by atoms with van der Waals surface area (Å²) in [5, 5.41) is 6.77. The molecule has 4 rings (SSSR count). The predicted octanol–water partition coefficient (Wildman–Crippen LogP) is 4.46. The Hall–Kier alpha value is -3.28. The molecule has 2 aromatic carbocycles. The summed E-state index contributed by atoms with van der Waals surface area (Å²) in [6.45, 7) is 5.24. The van der Waals surface area contributed by atoms with Gasteiger partial charge in [-0.2, -0.15) is 0 Å². The Bertz CT molecular complexity index is 1080. The molecule has 3 aromatic rings. The summed E-state index contributed by atoms with van der Waals surface area (Å²) in [6, 6.07) is 16.4. The highest BCUT2D eigenvalue weighted by Gasteiger charge is 2.27. The first-order valence-electron chi connectivity index (χ1n) is 10.3. The number of H-pyrrole nitrogens is 1. The van der Waals surface area contributed by atoms with E-state index in [1.54, 1.807) is 20.8 Å². The molecule has 1 atom stereocenters. The molecule has 1 aliphatic rings. The van der Waals surface area contributed by atoms with Crippen molar-refractivity contribution in [2.75, 3.05) is 6.54 Å². The van der Waals surface area contributed by atoms with E-state index in [1.165, 1.54) is 16.5 Å². The number of rotatable bonds is 4. The first-order valence-corrected chi connectivity index (χ1v) is 10.3. The summed E-state index contributed by atoms with van der Waals surface area (Å²) in [5.41, 5.74) is 5.20. The summed E-state index contributed by atoms with van der Waals surface area (Å²) in [7, 11) is 0. The minimum absolute atomic E-state index is 0.0893. The molecule has 3 N–H and O–H groups in total. The Morgan fingerprint density at radius 3 is 2.60 bits per heavy atom. The van der Waals surface area contributed by atoms with Gasteiger partial charge in [-0.25, -0.2) is 4.79 Å². The average molecular weight is 405 g/mol. The number of hydrogen-bond acceptors (Lipinski definition) is 3. The first-order chi connectivity index (χ1) is 14.3. The second-order valence-corrected chi connectivity index (χ2v) is 8.63. The summed E-state index contributed by atoms with van der Waals surface area (Å²) < 4.78 is 5.18. The fourth-order valence-corrected chi connectivity index (χ4v) is 4.04. The van der Waals surface area contributed by atoms with Gasteiger partial charge in [-0.3, -0.25) is 4.79 Å². The number of aromatic amines is 1. The second kappa shape index (κ2) is 7.86. The SMILES string of the molecule is CC(C)(C)OC(=O)NCC(=O)NC1CCc2c(-c3ccccc3)[nH]c3cccc1c23. The van der Waals surface area contributed by atoms with E-state index < -0.39 is 11.7 Å². The molecule has 1 heterocycles. The molecule has 156 valence electrons. The number of hydrogen-bond donors (Lipinski definition) is 3. The van der Waals surface area contributed by atoms with Gasteiger partial charge < -0.3 is 20.4 Å². The highest BCUT2D eigenvalue weighted by atomic mass is 16.6. The van der Waals surface area contributed by atoms with Crippen LogP contribution in [0.2, 0.25) is 0 Å². The van der Waals surface area contributed by atoms with Crippen molar-refractivity contribution in [2.24, 2.45) is 0 Å². The summed E-state index contributed by atoms with van der Waals surface area (Å²) >= 11 is 0. The normalized spacial score (nSPS) is 15.6. The minimum atomic E-state index is -0.597. The van der Waals surface area contributed by atoms with Gasteiger partial charge in [0.15, 0.2) is 0 Å². The van der Waals surface area contributed by atoms with Crippen molar-refractivity contribution in [3.63, 3.8) is 0 Å². The fourth-order valence-electron chi connectivity index (χ4n) is 4.04. The Morgan fingerprint density at radius 2 is 1.87 bits per heavy atom. The lowest BCUT2D eigenvalue weighted by Gasteiger charge is -2.25. The van der Waals surface area contributed by atoms with Gasteiger partial charge in [-0.15, -0.1) is 0 Å². The first kappa shape index (κ1) is 20.0. The Kier molecular flexibility index (Phi) is 5.24. The van der Waals surface area contributed by atoms with Gasteiger partial charge in [-0.05, 0) is 56.4 Å². The number of amides is 2. The van der Waals surface area contributed by atoms with Crippen LogP contribution in [-0.4, -0.2) is 29.1 Å². The van der Waals surface area contributed by atoms with Crippen molar-refractivity contribution < 1.29 is 14.3 Å². The number of aromatic nitrogens is 1. The van der Waals surface area contributed by atoms with Gasteiger partial charge in [0.25, 0.3) is 0 Å². The monoisotopic (exact) mass is 405 g/mol. The molecule has 1 aliphatic carbocycles. The topological polar surface area (TPSA) is 83.2 Å². The molecule has 0 saturated heterocycles. The summed E-state index contributed by atoms with van der Waals surface area (Å²) in [5.74, 6) is -0.231. The second-order valence-electron chi connectivity index (χ2n) is 8.63. The predicted molar refractivity (Wildman–Crippen MR) is 117 cm³/mol. The third-order valence-corrected chi connectivity index (χ3v) is 5.21. The van der Waals surface area contributed by atoms with Crippen LogP contribution in [0.3, 0.4) is 0 Å². The van der Waals surface area contributed by atoms with Gasteiger partial charge in [0.1, 0.15) is 12.1 Å². The quantitative estimate of drug-likeness (QED) is 0.599. The molecule has 1 aromatic heterocycles. The minimum Gasteiger partial charge on any atom is -0.444 e. The van der Waals surface area contributed by atoms with Crippen molar-refractivity contribution in [3.8, 4) is 11.3 Å². The molecule has 0 bridgehead atoms. The van der Waals surface area contributed by atoms with Crippen molar-refractivity contribution in [2.45, 2.75) is 45.3 Å². The zero-order valence-electron chi connectivity index (χ0n) is 17.5. The van der Waals surface area contributed by atoms with Crippen molar-refractivity contribution in [1.29, 1.82) is 0 Å².